The van der Waals surface area contributed by atoms with Gasteiger partial charge in [-0.1, -0.05) is 43.3 Å². The molecule has 0 amide bonds. The van der Waals surface area contributed by atoms with E-state index in [0.717, 1.165) is 42.0 Å². The lowest BCUT2D eigenvalue weighted by Gasteiger charge is -2.26. The molecule has 1 aliphatic rings. The van der Waals surface area contributed by atoms with Crippen molar-refractivity contribution in [3.63, 3.8) is 0 Å². The number of aryl methyl sites for hydroxylation is 2. The number of rotatable bonds is 2. The normalized spacial score (nSPS) is 16.4. The molecule has 0 N–H and O–H groups in total. The average molecular weight is 329 g/mol. The molecule has 0 aliphatic heterocycles. The molecular weight excluding hydrogens is 309 g/mol. The van der Waals surface area contributed by atoms with E-state index in [1.807, 2.05) is 36.4 Å². The topological polar surface area (TPSA) is 23.8 Å². The molecule has 0 bridgehead atoms. The Morgan fingerprint density at radius 2 is 1.96 bits per heavy atom. The summed E-state index contributed by atoms with van der Waals surface area (Å²) in [5.74, 6) is 0.137. The molecule has 0 fully saturated rings. The zero-order valence-electron chi connectivity index (χ0n) is 14.3. The molecule has 3 aromatic carbocycles. The Balaban J connectivity index is 1.70. The van der Waals surface area contributed by atoms with Gasteiger partial charge in [-0.2, -0.15) is 5.26 Å². The first-order valence-corrected chi connectivity index (χ1v) is 8.92. The van der Waals surface area contributed by atoms with Gasteiger partial charge in [-0.15, -0.1) is 0 Å². The van der Waals surface area contributed by atoms with Crippen molar-refractivity contribution in [3.05, 3.63) is 82.2 Å². The number of fused-ring (bicyclic) bond motifs is 2. The van der Waals surface area contributed by atoms with Crippen molar-refractivity contribution in [1.82, 2.24) is 0 Å². The van der Waals surface area contributed by atoms with Crippen molar-refractivity contribution < 1.29 is 4.39 Å². The highest BCUT2D eigenvalue weighted by molar-refractivity contribution is 5.84. The molecule has 1 atom stereocenters. The van der Waals surface area contributed by atoms with E-state index in [4.69, 9.17) is 5.26 Å². The SMILES string of the molecule is CCc1ccc2c(F)c(C3CCc4cc(C#N)ccc4C3)ccc2c1. The smallest absolute Gasteiger partial charge is 0.134 e. The summed E-state index contributed by atoms with van der Waals surface area (Å²) in [6, 6.07) is 18.1. The molecule has 1 unspecified atom stereocenters. The van der Waals surface area contributed by atoms with Crippen LogP contribution in [-0.2, 0) is 19.3 Å². The van der Waals surface area contributed by atoms with Gasteiger partial charge in [-0.25, -0.2) is 4.39 Å². The number of hydrogen-bond donors (Lipinski definition) is 0. The van der Waals surface area contributed by atoms with Crippen molar-refractivity contribution in [2.24, 2.45) is 0 Å². The summed E-state index contributed by atoms with van der Waals surface area (Å²) < 4.78 is 15.1. The van der Waals surface area contributed by atoms with Gasteiger partial charge in [0.1, 0.15) is 5.82 Å². The van der Waals surface area contributed by atoms with Crippen LogP contribution in [0.3, 0.4) is 0 Å². The molecule has 0 heterocycles. The van der Waals surface area contributed by atoms with Crippen molar-refractivity contribution >= 4 is 10.8 Å². The number of nitrogens with zero attached hydrogens (tertiary/aromatic N) is 1. The summed E-state index contributed by atoms with van der Waals surface area (Å²) in [6.07, 6.45) is 3.64. The molecule has 4 rings (SSSR count). The van der Waals surface area contributed by atoms with Gasteiger partial charge < -0.3 is 0 Å². The van der Waals surface area contributed by atoms with E-state index in [-0.39, 0.29) is 11.7 Å². The third-order valence-corrected chi connectivity index (χ3v) is 5.46. The summed E-state index contributed by atoms with van der Waals surface area (Å²) in [6.45, 7) is 2.11. The summed E-state index contributed by atoms with van der Waals surface area (Å²) >= 11 is 0. The molecule has 124 valence electrons. The van der Waals surface area contributed by atoms with Gasteiger partial charge in [0.25, 0.3) is 0 Å². The largest absolute Gasteiger partial charge is 0.206 e. The van der Waals surface area contributed by atoms with Gasteiger partial charge in [-0.3, -0.25) is 0 Å². The Labute approximate surface area is 147 Å². The molecule has 0 saturated carbocycles. The van der Waals surface area contributed by atoms with Crippen molar-refractivity contribution in [2.45, 2.75) is 38.5 Å². The van der Waals surface area contributed by atoms with Crippen LogP contribution in [0, 0.1) is 17.1 Å². The van der Waals surface area contributed by atoms with Gasteiger partial charge in [0.15, 0.2) is 0 Å². The highest BCUT2D eigenvalue weighted by Gasteiger charge is 2.23. The van der Waals surface area contributed by atoms with Crippen LogP contribution in [0.25, 0.3) is 10.8 Å². The van der Waals surface area contributed by atoms with E-state index < -0.39 is 0 Å². The molecule has 3 aromatic rings. The Hall–Kier alpha value is -2.66. The Morgan fingerprint density at radius 3 is 2.76 bits per heavy atom. The maximum atomic E-state index is 15.1. The lowest BCUT2D eigenvalue weighted by Crippen LogP contribution is -2.14. The van der Waals surface area contributed by atoms with Crippen molar-refractivity contribution in [3.8, 4) is 6.07 Å². The standard InChI is InChI=1S/C23H20FN/c1-2-15-4-9-21-19(11-15)8-10-22(23(21)24)20-7-6-17-12-16(14-25)3-5-18(17)13-20/h3-5,8-12,20H,2,6-7,13H2,1H3. The average Bonchev–Trinajstić information content (AvgIpc) is 2.67. The Bertz CT molecular complexity index is 997. The Kier molecular flexibility index (Phi) is 4.01. The van der Waals surface area contributed by atoms with Crippen molar-refractivity contribution in [1.29, 1.82) is 5.26 Å². The number of benzene rings is 3. The van der Waals surface area contributed by atoms with E-state index in [1.54, 1.807) is 0 Å². The molecule has 1 aliphatic carbocycles. The fourth-order valence-corrected chi connectivity index (χ4v) is 3.98. The second kappa shape index (κ2) is 6.33. The summed E-state index contributed by atoms with van der Waals surface area (Å²) in [5.41, 5.74) is 5.26. The van der Waals surface area contributed by atoms with Gasteiger partial charge >= 0.3 is 0 Å². The highest BCUT2D eigenvalue weighted by atomic mass is 19.1. The Morgan fingerprint density at radius 1 is 1.08 bits per heavy atom. The first kappa shape index (κ1) is 15.8. The molecular formula is C23H20FN. The summed E-state index contributed by atoms with van der Waals surface area (Å²) in [5, 5.41) is 10.7. The predicted molar refractivity (Wildman–Crippen MR) is 99.2 cm³/mol. The lowest BCUT2D eigenvalue weighted by atomic mass is 9.79. The molecule has 0 saturated heterocycles. The van der Waals surface area contributed by atoms with Gasteiger partial charge in [0.2, 0.25) is 0 Å². The second-order valence-electron chi connectivity index (χ2n) is 6.91. The van der Waals surface area contributed by atoms with Crippen molar-refractivity contribution in [2.75, 3.05) is 0 Å². The molecule has 2 heteroatoms. The summed E-state index contributed by atoms with van der Waals surface area (Å²) in [7, 11) is 0. The van der Waals surface area contributed by atoms with Crippen LogP contribution in [0.4, 0.5) is 4.39 Å². The fraction of sp³-hybridized carbons (Fsp3) is 0.261. The predicted octanol–water partition coefficient (Wildman–Crippen LogP) is 5.69. The number of hydrogen-bond acceptors (Lipinski definition) is 1. The third kappa shape index (κ3) is 2.81. The second-order valence-corrected chi connectivity index (χ2v) is 6.91. The third-order valence-electron chi connectivity index (χ3n) is 5.46. The minimum atomic E-state index is -0.0674. The first-order valence-electron chi connectivity index (χ1n) is 8.92. The number of nitriles is 1. The zero-order valence-corrected chi connectivity index (χ0v) is 14.3. The van der Waals surface area contributed by atoms with Crippen LogP contribution in [0.1, 0.15) is 47.1 Å². The minimum Gasteiger partial charge on any atom is -0.206 e. The maximum Gasteiger partial charge on any atom is 0.134 e. The summed E-state index contributed by atoms with van der Waals surface area (Å²) in [4.78, 5) is 0. The highest BCUT2D eigenvalue weighted by Crippen LogP contribution is 2.36. The maximum absolute atomic E-state index is 15.1. The molecule has 0 aromatic heterocycles. The molecule has 25 heavy (non-hydrogen) atoms. The molecule has 1 nitrogen and oxygen atoms in total. The van der Waals surface area contributed by atoms with Crippen LogP contribution in [0.15, 0.2) is 48.5 Å². The van der Waals surface area contributed by atoms with Gasteiger partial charge in [0.05, 0.1) is 11.6 Å². The minimum absolute atomic E-state index is 0.0674. The van der Waals surface area contributed by atoms with Crippen LogP contribution in [0.2, 0.25) is 0 Å². The van der Waals surface area contributed by atoms with E-state index in [2.05, 4.69) is 25.1 Å². The monoisotopic (exact) mass is 329 g/mol. The van der Waals surface area contributed by atoms with E-state index >= 15 is 4.39 Å². The first-order chi connectivity index (χ1) is 12.2. The van der Waals surface area contributed by atoms with E-state index in [0.29, 0.717) is 5.56 Å². The van der Waals surface area contributed by atoms with E-state index in [9.17, 15) is 0 Å². The molecule has 0 radical (unpaired) electrons. The van der Waals surface area contributed by atoms with Gasteiger partial charge in [0, 0.05) is 5.39 Å². The van der Waals surface area contributed by atoms with Crippen LogP contribution >= 0.6 is 0 Å². The molecule has 0 spiro atoms. The fourth-order valence-electron chi connectivity index (χ4n) is 3.98. The zero-order chi connectivity index (χ0) is 17.4. The quantitative estimate of drug-likeness (QED) is 0.593. The van der Waals surface area contributed by atoms with E-state index in [1.165, 1.54) is 16.7 Å². The lowest BCUT2D eigenvalue weighted by molar-refractivity contribution is 0.539. The number of halogens is 1. The van der Waals surface area contributed by atoms with Gasteiger partial charge in [-0.05, 0) is 71.4 Å². The van der Waals surface area contributed by atoms with Crippen LogP contribution in [0.5, 0.6) is 0 Å². The van der Waals surface area contributed by atoms with Crippen LogP contribution in [-0.4, -0.2) is 0 Å². The van der Waals surface area contributed by atoms with Crippen LogP contribution < -0.4 is 0 Å².